The minimum Gasteiger partial charge on any atom is -0.465 e. The molecule has 0 aromatic carbocycles. The monoisotopic (exact) mass is 290 g/mol. The Labute approximate surface area is 119 Å². The van der Waals surface area contributed by atoms with Gasteiger partial charge < -0.3 is 10.5 Å². The number of esters is 1. The van der Waals surface area contributed by atoms with Gasteiger partial charge in [-0.3, -0.25) is 9.69 Å². The first-order valence-corrected chi connectivity index (χ1v) is 7.86. The van der Waals surface area contributed by atoms with E-state index in [0.29, 0.717) is 11.6 Å². The first-order chi connectivity index (χ1) is 8.46. The van der Waals surface area contributed by atoms with Crippen molar-refractivity contribution in [3.63, 3.8) is 0 Å². The van der Waals surface area contributed by atoms with Crippen LogP contribution in [0.4, 0.5) is 0 Å². The van der Waals surface area contributed by atoms with Gasteiger partial charge in [0.25, 0.3) is 0 Å². The molecule has 18 heavy (non-hydrogen) atoms. The van der Waals surface area contributed by atoms with E-state index in [0.717, 1.165) is 25.9 Å². The summed E-state index contributed by atoms with van der Waals surface area (Å²) >= 11 is 6.90. The number of likely N-dealkylation sites (tertiary alicyclic amines) is 1. The third kappa shape index (κ3) is 3.36. The fraction of sp³-hybridized carbons (Fsp3) is 0.833. The van der Waals surface area contributed by atoms with Gasteiger partial charge in [0, 0.05) is 13.1 Å². The highest BCUT2D eigenvalue weighted by molar-refractivity contribution is 8.02. The van der Waals surface area contributed by atoms with Gasteiger partial charge in [-0.2, -0.15) is 11.8 Å². The van der Waals surface area contributed by atoms with Crippen LogP contribution in [0.2, 0.25) is 0 Å². The van der Waals surface area contributed by atoms with E-state index in [2.05, 4.69) is 4.90 Å². The van der Waals surface area contributed by atoms with E-state index >= 15 is 0 Å². The molecule has 1 heterocycles. The summed E-state index contributed by atoms with van der Waals surface area (Å²) in [5.41, 5.74) is 5.84. The molecular weight excluding hydrogens is 268 g/mol. The predicted octanol–water partition coefficient (Wildman–Crippen LogP) is 1.42. The molecule has 1 rings (SSSR count). The Morgan fingerprint density at radius 2 is 2.11 bits per heavy atom. The highest BCUT2D eigenvalue weighted by atomic mass is 32.2. The van der Waals surface area contributed by atoms with E-state index in [1.807, 2.05) is 20.1 Å². The zero-order valence-electron chi connectivity index (χ0n) is 11.3. The first-order valence-electron chi connectivity index (χ1n) is 6.22. The fourth-order valence-electron chi connectivity index (χ4n) is 2.24. The number of rotatable bonds is 5. The largest absolute Gasteiger partial charge is 0.465 e. The average Bonchev–Trinajstić information content (AvgIpc) is 2.38. The second kappa shape index (κ2) is 6.73. The summed E-state index contributed by atoms with van der Waals surface area (Å²) in [6.07, 6.45) is 3.84. The quantitative estimate of drug-likeness (QED) is 0.610. The molecule has 0 radical (unpaired) electrons. The van der Waals surface area contributed by atoms with Crippen LogP contribution in [0.1, 0.15) is 26.7 Å². The molecule has 1 atom stereocenters. The van der Waals surface area contributed by atoms with E-state index in [4.69, 9.17) is 22.7 Å². The van der Waals surface area contributed by atoms with Crippen molar-refractivity contribution in [2.75, 3.05) is 26.0 Å². The van der Waals surface area contributed by atoms with Gasteiger partial charge in [-0.1, -0.05) is 12.2 Å². The lowest BCUT2D eigenvalue weighted by Crippen LogP contribution is -2.53. The standard InChI is InChI=1S/C12H22N2O2S2/c1-4-16-10(15)9(2)14-7-5-12(18-3,6-8-14)11(13)17/h9H,4-8H2,1-3H3,(H2,13,17). The zero-order chi connectivity index (χ0) is 13.8. The minimum atomic E-state index is -0.184. The molecule has 1 aliphatic heterocycles. The molecule has 104 valence electrons. The van der Waals surface area contributed by atoms with Crippen molar-refractivity contribution < 1.29 is 9.53 Å². The lowest BCUT2D eigenvalue weighted by atomic mass is 9.94. The van der Waals surface area contributed by atoms with Crippen molar-refractivity contribution in [3.8, 4) is 0 Å². The number of piperidine rings is 1. The number of thioether (sulfide) groups is 1. The molecule has 0 aliphatic carbocycles. The van der Waals surface area contributed by atoms with Crippen LogP contribution in [0.3, 0.4) is 0 Å². The number of hydrogen-bond acceptors (Lipinski definition) is 5. The molecule has 0 spiro atoms. The fourth-order valence-corrected chi connectivity index (χ4v) is 3.48. The maximum atomic E-state index is 11.7. The van der Waals surface area contributed by atoms with Crippen LogP contribution in [0.25, 0.3) is 0 Å². The molecule has 6 heteroatoms. The summed E-state index contributed by atoms with van der Waals surface area (Å²) in [7, 11) is 0. The van der Waals surface area contributed by atoms with Gasteiger partial charge in [0.15, 0.2) is 0 Å². The SMILES string of the molecule is CCOC(=O)C(C)N1CCC(SC)(C(N)=S)CC1. The third-order valence-electron chi connectivity index (χ3n) is 3.62. The van der Waals surface area contributed by atoms with Crippen LogP contribution in [-0.2, 0) is 9.53 Å². The number of carbonyl (C=O) groups is 1. The van der Waals surface area contributed by atoms with Crippen molar-refractivity contribution in [2.45, 2.75) is 37.5 Å². The van der Waals surface area contributed by atoms with Crippen LogP contribution in [0.15, 0.2) is 0 Å². The van der Waals surface area contributed by atoms with Crippen LogP contribution in [-0.4, -0.2) is 52.6 Å². The van der Waals surface area contributed by atoms with E-state index in [1.54, 1.807) is 11.8 Å². The molecule has 2 N–H and O–H groups in total. The maximum absolute atomic E-state index is 11.7. The van der Waals surface area contributed by atoms with Crippen molar-refractivity contribution in [1.29, 1.82) is 0 Å². The summed E-state index contributed by atoms with van der Waals surface area (Å²) in [5.74, 6) is -0.149. The van der Waals surface area contributed by atoms with Crippen molar-refractivity contribution in [2.24, 2.45) is 5.73 Å². The Bertz CT molecular complexity index is 315. The highest BCUT2D eigenvalue weighted by Gasteiger charge is 2.38. The van der Waals surface area contributed by atoms with E-state index in [9.17, 15) is 4.79 Å². The molecule has 0 amide bonds. The van der Waals surface area contributed by atoms with E-state index in [1.165, 1.54) is 0 Å². The van der Waals surface area contributed by atoms with E-state index < -0.39 is 0 Å². The van der Waals surface area contributed by atoms with Crippen LogP contribution in [0.5, 0.6) is 0 Å². The first kappa shape index (κ1) is 15.7. The molecule has 0 aromatic heterocycles. The van der Waals surface area contributed by atoms with Crippen molar-refractivity contribution >= 4 is 34.9 Å². The third-order valence-corrected chi connectivity index (χ3v) is 5.55. The van der Waals surface area contributed by atoms with Crippen LogP contribution < -0.4 is 5.73 Å². The van der Waals surface area contributed by atoms with Gasteiger partial charge >= 0.3 is 5.97 Å². The number of ether oxygens (including phenoxy) is 1. The summed E-state index contributed by atoms with van der Waals surface area (Å²) in [4.78, 5) is 14.4. The average molecular weight is 290 g/mol. The summed E-state index contributed by atoms with van der Waals surface area (Å²) in [6, 6.07) is -0.184. The topological polar surface area (TPSA) is 55.6 Å². The van der Waals surface area contributed by atoms with Crippen LogP contribution in [0, 0.1) is 0 Å². The maximum Gasteiger partial charge on any atom is 0.323 e. The zero-order valence-corrected chi connectivity index (χ0v) is 12.9. The van der Waals surface area contributed by atoms with Crippen molar-refractivity contribution in [1.82, 2.24) is 4.90 Å². The Morgan fingerprint density at radius 1 is 1.56 bits per heavy atom. The highest BCUT2D eigenvalue weighted by Crippen LogP contribution is 2.35. The molecule has 0 bridgehead atoms. The second-order valence-electron chi connectivity index (χ2n) is 4.53. The smallest absolute Gasteiger partial charge is 0.323 e. The van der Waals surface area contributed by atoms with E-state index in [-0.39, 0.29) is 16.8 Å². The lowest BCUT2D eigenvalue weighted by molar-refractivity contribution is -0.149. The van der Waals surface area contributed by atoms with Gasteiger partial charge in [0.2, 0.25) is 0 Å². The second-order valence-corrected chi connectivity index (χ2v) is 6.16. The number of thiocarbonyl (C=S) groups is 1. The molecule has 1 saturated heterocycles. The Kier molecular flexibility index (Phi) is 5.88. The number of carbonyl (C=O) groups excluding carboxylic acids is 1. The van der Waals surface area contributed by atoms with Crippen molar-refractivity contribution in [3.05, 3.63) is 0 Å². The molecule has 0 saturated carbocycles. The summed E-state index contributed by atoms with van der Waals surface area (Å²) in [5, 5.41) is 0. The Balaban J connectivity index is 2.58. The van der Waals surface area contributed by atoms with Gasteiger partial charge in [-0.15, -0.1) is 0 Å². The van der Waals surface area contributed by atoms with Gasteiger partial charge in [0.1, 0.15) is 6.04 Å². The number of hydrogen-bond donors (Lipinski definition) is 1. The Morgan fingerprint density at radius 3 is 2.50 bits per heavy atom. The van der Waals surface area contributed by atoms with Gasteiger partial charge in [0.05, 0.1) is 16.3 Å². The molecular formula is C12H22N2O2S2. The molecule has 1 fully saturated rings. The van der Waals surface area contributed by atoms with Gasteiger partial charge in [-0.05, 0) is 32.9 Å². The molecule has 1 unspecified atom stereocenters. The summed E-state index contributed by atoms with van der Waals surface area (Å²) in [6.45, 7) is 5.81. The van der Waals surface area contributed by atoms with Gasteiger partial charge in [-0.25, -0.2) is 0 Å². The minimum absolute atomic E-state index is 0.0970. The predicted molar refractivity (Wildman–Crippen MR) is 79.9 cm³/mol. The molecule has 0 aromatic rings. The molecule has 1 aliphatic rings. The molecule has 4 nitrogen and oxygen atoms in total. The summed E-state index contributed by atoms with van der Waals surface area (Å²) < 4.78 is 4.95. The Hall–Kier alpha value is -0.330. The van der Waals surface area contributed by atoms with Crippen LogP contribution >= 0.6 is 24.0 Å². The number of nitrogens with two attached hydrogens (primary N) is 1. The lowest BCUT2D eigenvalue weighted by Gasteiger charge is -2.41. The number of nitrogens with zero attached hydrogens (tertiary/aromatic N) is 1. The normalized spacial score (nSPS) is 21.3.